The zero-order chi connectivity index (χ0) is 17.8. The quantitative estimate of drug-likeness (QED) is 0.900. The van der Waals surface area contributed by atoms with E-state index in [4.69, 9.17) is 4.52 Å². The summed E-state index contributed by atoms with van der Waals surface area (Å²) in [7, 11) is 0. The molecule has 25 heavy (non-hydrogen) atoms. The minimum Gasteiger partial charge on any atom is -0.361 e. The number of aryl methyl sites for hydroxylation is 2. The summed E-state index contributed by atoms with van der Waals surface area (Å²) < 4.78 is 6.42. The lowest BCUT2D eigenvalue weighted by molar-refractivity contribution is -0.132. The Kier molecular flexibility index (Phi) is 5.11. The number of nitrogens with zero attached hydrogens (tertiary/aromatic N) is 5. The molecule has 0 radical (unpaired) electrons. The maximum absolute atomic E-state index is 12.4. The van der Waals surface area contributed by atoms with Crippen LogP contribution >= 0.6 is 0 Å². The van der Waals surface area contributed by atoms with E-state index in [-0.39, 0.29) is 24.3 Å². The topological polar surface area (TPSA) is 106 Å². The molecular weight excluding hydrogens is 324 g/mol. The fourth-order valence-electron chi connectivity index (χ4n) is 2.96. The first kappa shape index (κ1) is 17.1. The Balaban J connectivity index is 1.60. The van der Waals surface area contributed by atoms with E-state index in [2.05, 4.69) is 20.6 Å². The monoisotopic (exact) mass is 346 g/mol. The van der Waals surface area contributed by atoms with E-state index in [1.165, 1.54) is 23.9 Å². The van der Waals surface area contributed by atoms with Crippen molar-refractivity contribution in [1.29, 1.82) is 0 Å². The molecule has 0 unspecified atom stereocenters. The molecule has 1 fully saturated rings. The van der Waals surface area contributed by atoms with Gasteiger partial charge in [0.25, 0.3) is 5.91 Å². The molecule has 2 amide bonds. The van der Waals surface area contributed by atoms with Crippen LogP contribution in [0.25, 0.3) is 0 Å². The maximum atomic E-state index is 12.4. The molecule has 1 aliphatic rings. The lowest BCUT2D eigenvalue weighted by Crippen LogP contribution is -2.34. The fraction of sp³-hybridized carbons (Fsp3) is 0.562. The highest BCUT2D eigenvalue weighted by atomic mass is 16.5. The lowest BCUT2D eigenvalue weighted by atomic mass is 10.2. The van der Waals surface area contributed by atoms with E-state index >= 15 is 0 Å². The zero-order valence-corrected chi connectivity index (χ0v) is 14.5. The zero-order valence-electron chi connectivity index (χ0n) is 14.5. The molecule has 9 nitrogen and oxygen atoms in total. The minimum atomic E-state index is -0.382. The van der Waals surface area contributed by atoms with Crippen LogP contribution < -0.4 is 5.32 Å². The summed E-state index contributed by atoms with van der Waals surface area (Å²) in [4.78, 5) is 30.5. The van der Waals surface area contributed by atoms with E-state index in [0.29, 0.717) is 17.0 Å². The molecule has 0 aliphatic carbocycles. The highest BCUT2D eigenvalue weighted by Crippen LogP contribution is 2.14. The van der Waals surface area contributed by atoms with Gasteiger partial charge in [-0.15, -0.1) is 5.10 Å². The number of anilines is 1. The van der Waals surface area contributed by atoms with Crippen molar-refractivity contribution in [3.05, 3.63) is 23.3 Å². The van der Waals surface area contributed by atoms with Crippen LogP contribution in [0.4, 0.5) is 5.95 Å². The van der Waals surface area contributed by atoms with Crippen molar-refractivity contribution in [2.75, 3.05) is 18.4 Å². The van der Waals surface area contributed by atoms with Crippen LogP contribution in [0, 0.1) is 13.8 Å². The third-order valence-corrected chi connectivity index (χ3v) is 4.28. The van der Waals surface area contributed by atoms with Gasteiger partial charge in [0, 0.05) is 13.1 Å². The first-order valence-corrected chi connectivity index (χ1v) is 8.46. The van der Waals surface area contributed by atoms with Crippen LogP contribution in [-0.2, 0) is 11.3 Å². The van der Waals surface area contributed by atoms with E-state index in [1.54, 1.807) is 13.8 Å². The summed E-state index contributed by atoms with van der Waals surface area (Å²) >= 11 is 0. The van der Waals surface area contributed by atoms with Gasteiger partial charge in [-0.05, 0) is 26.7 Å². The van der Waals surface area contributed by atoms with Crippen LogP contribution in [-0.4, -0.2) is 49.7 Å². The smallest absolute Gasteiger partial charge is 0.263 e. The van der Waals surface area contributed by atoms with Crippen molar-refractivity contribution in [1.82, 2.24) is 24.8 Å². The molecule has 134 valence electrons. The Morgan fingerprint density at radius 1 is 1.20 bits per heavy atom. The molecule has 2 aromatic rings. The van der Waals surface area contributed by atoms with Gasteiger partial charge in [0.05, 0.1) is 5.69 Å². The van der Waals surface area contributed by atoms with Crippen LogP contribution in [0.15, 0.2) is 10.9 Å². The van der Waals surface area contributed by atoms with Crippen LogP contribution in [0.1, 0.15) is 47.5 Å². The Hall–Kier alpha value is -2.71. The van der Waals surface area contributed by atoms with Gasteiger partial charge in [-0.1, -0.05) is 18.0 Å². The Labute approximate surface area is 145 Å². The van der Waals surface area contributed by atoms with E-state index in [9.17, 15) is 9.59 Å². The van der Waals surface area contributed by atoms with Crippen molar-refractivity contribution in [2.24, 2.45) is 0 Å². The number of aromatic nitrogens is 4. The fourth-order valence-corrected chi connectivity index (χ4v) is 2.96. The van der Waals surface area contributed by atoms with Crippen LogP contribution in [0.2, 0.25) is 0 Å². The van der Waals surface area contributed by atoms with Gasteiger partial charge in [-0.25, -0.2) is 9.67 Å². The van der Waals surface area contributed by atoms with Crippen molar-refractivity contribution in [3.8, 4) is 0 Å². The summed E-state index contributed by atoms with van der Waals surface area (Å²) in [6, 6.07) is 0. The molecule has 0 saturated carbocycles. The molecule has 9 heteroatoms. The van der Waals surface area contributed by atoms with E-state index < -0.39 is 0 Å². The standard InChI is InChI=1S/C16H22N6O3/c1-11-14(12(2)25-20-11)15(24)18-16-17-10-22(19-16)9-13(23)21-7-5-3-4-6-8-21/h10H,3-9H2,1-2H3,(H,18,19,24). The second-order valence-electron chi connectivity index (χ2n) is 6.21. The second kappa shape index (κ2) is 7.45. The molecule has 1 N–H and O–H groups in total. The van der Waals surface area contributed by atoms with Crippen molar-refractivity contribution in [2.45, 2.75) is 46.1 Å². The molecule has 3 rings (SSSR count). The molecule has 1 saturated heterocycles. The number of hydrogen-bond donors (Lipinski definition) is 1. The van der Waals surface area contributed by atoms with Gasteiger partial charge in [0.15, 0.2) is 0 Å². The van der Waals surface area contributed by atoms with Crippen LogP contribution in [0.5, 0.6) is 0 Å². The average molecular weight is 346 g/mol. The molecule has 0 bridgehead atoms. The number of amides is 2. The first-order chi connectivity index (χ1) is 12.0. The number of rotatable bonds is 4. The van der Waals surface area contributed by atoms with Crippen molar-refractivity contribution >= 4 is 17.8 Å². The number of likely N-dealkylation sites (tertiary alicyclic amines) is 1. The summed E-state index contributed by atoms with van der Waals surface area (Å²) in [6.07, 6.45) is 5.87. The third-order valence-electron chi connectivity index (χ3n) is 4.28. The number of nitrogens with one attached hydrogen (secondary N) is 1. The molecule has 0 aromatic carbocycles. The number of carbonyl (C=O) groups is 2. The van der Waals surface area contributed by atoms with Gasteiger partial charge in [0.1, 0.15) is 24.2 Å². The molecule has 3 heterocycles. The summed E-state index contributed by atoms with van der Waals surface area (Å²) in [5, 5.41) is 10.5. The van der Waals surface area contributed by atoms with Gasteiger partial charge in [-0.3, -0.25) is 14.9 Å². The highest BCUT2D eigenvalue weighted by Gasteiger charge is 2.20. The Bertz CT molecular complexity index is 738. The van der Waals surface area contributed by atoms with Gasteiger partial charge >= 0.3 is 0 Å². The largest absolute Gasteiger partial charge is 0.361 e. The average Bonchev–Trinajstić information content (AvgIpc) is 3.03. The maximum Gasteiger partial charge on any atom is 0.263 e. The first-order valence-electron chi connectivity index (χ1n) is 8.46. The summed E-state index contributed by atoms with van der Waals surface area (Å²) in [5.74, 6) is 0.225. The van der Waals surface area contributed by atoms with Crippen molar-refractivity contribution in [3.63, 3.8) is 0 Å². The molecule has 1 aliphatic heterocycles. The van der Waals surface area contributed by atoms with Gasteiger partial charge in [-0.2, -0.15) is 0 Å². The van der Waals surface area contributed by atoms with E-state index in [1.807, 2.05) is 4.90 Å². The Morgan fingerprint density at radius 2 is 1.92 bits per heavy atom. The minimum absolute atomic E-state index is 0.0235. The lowest BCUT2D eigenvalue weighted by Gasteiger charge is -2.19. The van der Waals surface area contributed by atoms with Crippen molar-refractivity contribution < 1.29 is 14.1 Å². The predicted octanol–water partition coefficient (Wildman–Crippen LogP) is 1.54. The molecule has 0 atom stereocenters. The van der Waals surface area contributed by atoms with Gasteiger partial charge in [0.2, 0.25) is 11.9 Å². The van der Waals surface area contributed by atoms with E-state index in [0.717, 1.165) is 25.9 Å². The molecule has 0 spiro atoms. The summed E-state index contributed by atoms with van der Waals surface area (Å²) in [6.45, 7) is 5.07. The predicted molar refractivity (Wildman–Crippen MR) is 89.0 cm³/mol. The third kappa shape index (κ3) is 4.04. The SMILES string of the molecule is Cc1noc(C)c1C(=O)Nc1ncn(CC(=O)N2CCCCCC2)n1. The normalized spacial score (nSPS) is 15.0. The molecular formula is C16H22N6O3. The molecule has 2 aromatic heterocycles. The van der Waals surface area contributed by atoms with Gasteiger partial charge < -0.3 is 9.42 Å². The second-order valence-corrected chi connectivity index (χ2v) is 6.21. The number of carbonyl (C=O) groups excluding carboxylic acids is 2. The Morgan fingerprint density at radius 3 is 2.56 bits per heavy atom. The van der Waals surface area contributed by atoms with Crippen LogP contribution in [0.3, 0.4) is 0 Å². The highest BCUT2D eigenvalue weighted by molar-refractivity contribution is 6.04. The summed E-state index contributed by atoms with van der Waals surface area (Å²) in [5.41, 5.74) is 0.878. The number of hydrogen-bond acceptors (Lipinski definition) is 6.